The zero-order chi connectivity index (χ0) is 11.4. The number of ketones is 1. The normalized spacial score (nSPS) is 12.5. The van der Waals surface area contributed by atoms with Crippen molar-refractivity contribution < 1.29 is 9.53 Å². The third kappa shape index (κ3) is 2.94. The van der Waals surface area contributed by atoms with E-state index in [-0.39, 0.29) is 5.78 Å². The summed E-state index contributed by atoms with van der Waals surface area (Å²) in [6.07, 6.45) is 0.220. The summed E-state index contributed by atoms with van der Waals surface area (Å²) >= 11 is 11.6. The van der Waals surface area contributed by atoms with E-state index >= 15 is 0 Å². The predicted molar refractivity (Wildman–Crippen MR) is 61.9 cm³/mol. The van der Waals surface area contributed by atoms with Crippen molar-refractivity contribution in [3.8, 4) is 0 Å². The van der Waals surface area contributed by atoms with E-state index in [1.165, 1.54) is 7.11 Å². The lowest BCUT2D eigenvalue weighted by Crippen LogP contribution is -2.21. The Labute approximate surface area is 99.1 Å². The van der Waals surface area contributed by atoms with Gasteiger partial charge < -0.3 is 4.74 Å². The first kappa shape index (κ1) is 12.5. The topological polar surface area (TPSA) is 26.3 Å². The zero-order valence-corrected chi connectivity index (χ0v) is 10.1. The van der Waals surface area contributed by atoms with Crippen LogP contribution >= 0.6 is 23.2 Å². The van der Waals surface area contributed by atoms with Crippen LogP contribution in [0.5, 0.6) is 0 Å². The predicted octanol–water partition coefficient (Wildman–Crippen LogP) is 3.60. The first-order chi connectivity index (χ1) is 7.10. The minimum absolute atomic E-state index is 0.0708. The fraction of sp³-hybridized carbons (Fsp3) is 0.364. The molecule has 4 heteroatoms. The minimum atomic E-state index is -0.415. The maximum atomic E-state index is 11.8. The first-order valence-electron chi connectivity index (χ1n) is 4.62. The number of benzene rings is 1. The van der Waals surface area contributed by atoms with Crippen molar-refractivity contribution in [3.63, 3.8) is 0 Å². The highest BCUT2D eigenvalue weighted by Crippen LogP contribution is 2.23. The van der Waals surface area contributed by atoms with E-state index in [0.29, 0.717) is 22.0 Å². The van der Waals surface area contributed by atoms with Crippen LogP contribution in [0.3, 0.4) is 0 Å². The Morgan fingerprint density at radius 1 is 1.40 bits per heavy atom. The second-order valence-corrected chi connectivity index (χ2v) is 3.94. The first-order valence-corrected chi connectivity index (χ1v) is 5.37. The van der Waals surface area contributed by atoms with E-state index < -0.39 is 6.10 Å². The molecule has 1 aromatic carbocycles. The highest BCUT2D eigenvalue weighted by molar-refractivity contribution is 6.42. The van der Waals surface area contributed by atoms with Crippen LogP contribution in [0.2, 0.25) is 10.0 Å². The molecule has 15 heavy (non-hydrogen) atoms. The van der Waals surface area contributed by atoms with E-state index in [4.69, 9.17) is 27.9 Å². The summed E-state index contributed by atoms with van der Waals surface area (Å²) in [7, 11) is 1.52. The summed E-state index contributed by atoms with van der Waals surface area (Å²) < 4.78 is 5.06. The van der Waals surface area contributed by atoms with E-state index in [0.717, 1.165) is 0 Å². The molecule has 82 valence electrons. The van der Waals surface area contributed by atoms with E-state index in [1.807, 2.05) is 6.92 Å². The largest absolute Gasteiger partial charge is 0.373 e. The zero-order valence-electron chi connectivity index (χ0n) is 8.59. The van der Waals surface area contributed by atoms with Gasteiger partial charge in [-0.1, -0.05) is 30.1 Å². The highest BCUT2D eigenvalue weighted by Gasteiger charge is 2.18. The van der Waals surface area contributed by atoms with Crippen molar-refractivity contribution in [2.75, 3.05) is 7.11 Å². The van der Waals surface area contributed by atoms with Gasteiger partial charge in [0.2, 0.25) is 0 Å². The monoisotopic (exact) mass is 246 g/mol. The number of ether oxygens (including phenoxy) is 1. The quantitative estimate of drug-likeness (QED) is 0.760. The maximum Gasteiger partial charge on any atom is 0.191 e. The van der Waals surface area contributed by atoms with Crippen LogP contribution in [0, 0.1) is 0 Å². The lowest BCUT2D eigenvalue weighted by molar-refractivity contribution is 0.0595. The van der Waals surface area contributed by atoms with Gasteiger partial charge in [0, 0.05) is 12.7 Å². The molecule has 0 saturated carbocycles. The molecule has 2 nitrogen and oxygen atoms in total. The molecule has 0 fully saturated rings. The Kier molecular flexibility index (Phi) is 4.58. The molecule has 1 unspecified atom stereocenters. The average molecular weight is 247 g/mol. The Bertz CT molecular complexity index is 360. The highest BCUT2D eigenvalue weighted by atomic mass is 35.5. The third-order valence-corrected chi connectivity index (χ3v) is 2.89. The standard InChI is InChI=1S/C11H12Cl2O2/c1-3-10(15-2)11(14)7-4-5-8(12)9(13)6-7/h4-6,10H,3H2,1-2H3. The molecule has 1 rings (SSSR count). The lowest BCUT2D eigenvalue weighted by Gasteiger charge is -2.11. The molecule has 0 spiro atoms. The summed E-state index contributed by atoms with van der Waals surface area (Å²) in [4.78, 5) is 11.8. The van der Waals surface area contributed by atoms with Crippen molar-refractivity contribution in [3.05, 3.63) is 33.8 Å². The maximum absolute atomic E-state index is 11.8. The Hall–Kier alpha value is -0.570. The van der Waals surface area contributed by atoms with Gasteiger partial charge >= 0.3 is 0 Å². The van der Waals surface area contributed by atoms with E-state index in [9.17, 15) is 4.79 Å². The molecular weight excluding hydrogens is 235 g/mol. The molecule has 0 aliphatic carbocycles. The number of hydrogen-bond donors (Lipinski definition) is 0. The number of carbonyl (C=O) groups is 1. The number of Topliss-reactive ketones (excluding diaryl/α,β-unsaturated/α-hetero) is 1. The molecule has 1 aromatic rings. The SMILES string of the molecule is CCC(OC)C(=O)c1ccc(Cl)c(Cl)c1. The number of methoxy groups -OCH3 is 1. The fourth-order valence-electron chi connectivity index (χ4n) is 1.29. The third-order valence-electron chi connectivity index (χ3n) is 2.15. The van der Waals surface area contributed by atoms with Crippen LogP contribution < -0.4 is 0 Å². The van der Waals surface area contributed by atoms with E-state index in [2.05, 4.69) is 0 Å². The number of halogens is 2. The molecule has 1 atom stereocenters. The van der Waals surface area contributed by atoms with E-state index in [1.54, 1.807) is 18.2 Å². The Morgan fingerprint density at radius 2 is 2.07 bits per heavy atom. The lowest BCUT2D eigenvalue weighted by atomic mass is 10.0. The fourth-order valence-corrected chi connectivity index (χ4v) is 1.59. The molecule has 0 saturated heterocycles. The number of hydrogen-bond acceptors (Lipinski definition) is 2. The molecule has 0 bridgehead atoms. The second-order valence-electron chi connectivity index (χ2n) is 3.13. The molecule has 0 heterocycles. The van der Waals surface area contributed by atoms with Crippen LogP contribution in [0.15, 0.2) is 18.2 Å². The minimum Gasteiger partial charge on any atom is -0.373 e. The summed E-state index contributed by atoms with van der Waals surface area (Å²) in [5.74, 6) is -0.0708. The summed E-state index contributed by atoms with van der Waals surface area (Å²) in [6.45, 7) is 1.89. The number of carbonyl (C=O) groups excluding carboxylic acids is 1. The molecule has 0 aliphatic heterocycles. The number of rotatable bonds is 4. The summed E-state index contributed by atoms with van der Waals surface area (Å²) in [6, 6.07) is 4.83. The Morgan fingerprint density at radius 3 is 2.53 bits per heavy atom. The van der Waals surface area contributed by atoms with Crippen molar-refractivity contribution in [2.24, 2.45) is 0 Å². The average Bonchev–Trinajstić information content (AvgIpc) is 2.23. The van der Waals surface area contributed by atoms with Crippen molar-refractivity contribution in [1.82, 2.24) is 0 Å². The van der Waals surface area contributed by atoms with Crippen LogP contribution in [0.25, 0.3) is 0 Å². The van der Waals surface area contributed by atoms with Gasteiger partial charge in [0.1, 0.15) is 6.10 Å². The van der Waals surface area contributed by atoms with Gasteiger partial charge in [-0.05, 0) is 24.6 Å². The van der Waals surface area contributed by atoms with Crippen molar-refractivity contribution >= 4 is 29.0 Å². The molecule has 0 amide bonds. The summed E-state index contributed by atoms with van der Waals surface area (Å²) in [5.41, 5.74) is 0.526. The van der Waals surface area contributed by atoms with Crippen LogP contribution in [-0.2, 0) is 4.74 Å². The molecule has 0 aliphatic rings. The van der Waals surface area contributed by atoms with Gasteiger partial charge in [0.25, 0.3) is 0 Å². The van der Waals surface area contributed by atoms with Crippen molar-refractivity contribution in [2.45, 2.75) is 19.4 Å². The van der Waals surface area contributed by atoms with Gasteiger partial charge in [-0.25, -0.2) is 0 Å². The van der Waals surface area contributed by atoms with Crippen LogP contribution in [0.1, 0.15) is 23.7 Å². The molecule has 0 aromatic heterocycles. The van der Waals surface area contributed by atoms with Gasteiger partial charge in [-0.15, -0.1) is 0 Å². The summed E-state index contributed by atoms with van der Waals surface area (Å²) in [5, 5.41) is 0.826. The van der Waals surface area contributed by atoms with Gasteiger partial charge in [-0.2, -0.15) is 0 Å². The second kappa shape index (κ2) is 5.50. The van der Waals surface area contributed by atoms with Crippen LogP contribution in [0.4, 0.5) is 0 Å². The van der Waals surface area contributed by atoms with Gasteiger partial charge in [-0.3, -0.25) is 4.79 Å². The Balaban J connectivity index is 2.96. The molecule has 0 radical (unpaired) electrons. The molecular formula is C11H12Cl2O2. The van der Waals surface area contributed by atoms with Gasteiger partial charge in [0.15, 0.2) is 5.78 Å². The van der Waals surface area contributed by atoms with Crippen LogP contribution in [-0.4, -0.2) is 19.0 Å². The molecule has 0 N–H and O–H groups in total. The van der Waals surface area contributed by atoms with Crippen molar-refractivity contribution in [1.29, 1.82) is 0 Å². The van der Waals surface area contributed by atoms with Gasteiger partial charge in [0.05, 0.1) is 10.0 Å². The smallest absolute Gasteiger partial charge is 0.191 e.